The van der Waals surface area contributed by atoms with Gasteiger partial charge in [-0.1, -0.05) is 5.16 Å². The highest BCUT2D eigenvalue weighted by Crippen LogP contribution is 2.24. The normalized spacial score (nSPS) is 10.8. The second kappa shape index (κ2) is 6.27. The highest BCUT2D eigenvalue weighted by Gasteiger charge is 2.12. The van der Waals surface area contributed by atoms with Gasteiger partial charge in [0.15, 0.2) is 5.82 Å². The van der Waals surface area contributed by atoms with E-state index < -0.39 is 0 Å². The first-order chi connectivity index (χ1) is 11.5. The van der Waals surface area contributed by atoms with Gasteiger partial charge in [-0.15, -0.1) is 0 Å². The first kappa shape index (κ1) is 15.9. The Bertz CT molecular complexity index is 943. The van der Waals surface area contributed by atoms with Gasteiger partial charge in [-0.05, 0) is 26.8 Å². The van der Waals surface area contributed by atoms with Crippen LogP contribution in [0.2, 0.25) is 0 Å². The van der Waals surface area contributed by atoms with Gasteiger partial charge in [0.05, 0.1) is 24.9 Å². The summed E-state index contributed by atoms with van der Waals surface area (Å²) in [5.41, 5.74) is 3.21. The van der Waals surface area contributed by atoms with Crippen LogP contribution in [-0.2, 0) is 6.54 Å². The monoisotopic (exact) mass is 326 g/mol. The fourth-order valence-corrected chi connectivity index (χ4v) is 2.59. The van der Waals surface area contributed by atoms with Gasteiger partial charge in [0.2, 0.25) is 0 Å². The van der Waals surface area contributed by atoms with Crippen LogP contribution in [0.1, 0.15) is 22.6 Å². The number of aromatic nitrogens is 4. The molecule has 0 bridgehead atoms. The van der Waals surface area contributed by atoms with Crippen molar-refractivity contribution in [2.45, 2.75) is 27.3 Å². The van der Waals surface area contributed by atoms with E-state index in [0.29, 0.717) is 23.8 Å². The molecule has 3 aromatic rings. The number of ether oxygens (including phenoxy) is 1. The van der Waals surface area contributed by atoms with Crippen LogP contribution in [0.5, 0.6) is 5.75 Å². The molecule has 0 aromatic carbocycles. The zero-order chi connectivity index (χ0) is 17.3. The van der Waals surface area contributed by atoms with Crippen LogP contribution in [0.3, 0.4) is 0 Å². The largest absolute Gasteiger partial charge is 0.496 e. The fourth-order valence-electron chi connectivity index (χ4n) is 2.59. The third-order valence-corrected chi connectivity index (χ3v) is 3.83. The van der Waals surface area contributed by atoms with E-state index in [-0.39, 0.29) is 5.56 Å². The molecule has 0 atom stereocenters. The molecular formula is C17H18N4O3. The number of hydrogen-bond acceptors (Lipinski definition) is 6. The summed E-state index contributed by atoms with van der Waals surface area (Å²) in [7, 11) is 1.63. The lowest BCUT2D eigenvalue weighted by atomic mass is 10.1. The molecule has 7 nitrogen and oxygen atoms in total. The van der Waals surface area contributed by atoms with Gasteiger partial charge < -0.3 is 13.8 Å². The molecular weight excluding hydrogens is 308 g/mol. The SMILES string of the molecule is COc1c(C)cnc(Cn2cc(-c3nc(C)no3)ccc2=O)c1C. The lowest BCUT2D eigenvalue weighted by molar-refractivity contribution is 0.406. The van der Waals surface area contributed by atoms with E-state index in [1.807, 2.05) is 13.8 Å². The molecule has 0 saturated heterocycles. The molecule has 0 aliphatic rings. The van der Waals surface area contributed by atoms with Crippen molar-refractivity contribution in [3.05, 3.63) is 57.5 Å². The predicted molar refractivity (Wildman–Crippen MR) is 88.1 cm³/mol. The van der Waals surface area contributed by atoms with Gasteiger partial charge in [0.1, 0.15) is 5.75 Å². The topological polar surface area (TPSA) is 83.0 Å². The van der Waals surface area contributed by atoms with Crippen molar-refractivity contribution in [2.24, 2.45) is 0 Å². The molecule has 3 heterocycles. The molecule has 0 aliphatic carbocycles. The van der Waals surface area contributed by atoms with Gasteiger partial charge >= 0.3 is 0 Å². The van der Waals surface area contributed by atoms with E-state index in [4.69, 9.17) is 9.26 Å². The van der Waals surface area contributed by atoms with Gasteiger partial charge in [-0.3, -0.25) is 9.78 Å². The van der Waals surface area contributed by atoms with Gasteiger partial charge in [-0.2, -0.15) is 4.98 Å². The smallest absolute Gasteiger partial charge is 0.259 e. The Morgan fingerprint density at radius 1 is 1.25 bits per heavy atom. The summed E-state index contributed by atoms with van der Waals surface area (Å²) in [6.07, 6.45) is 3.44. The van der Waals surface area contributed by atoms with E-state index in [0.717, 1.165) is 22.6 Å². The number of rotatable bonds is 4. The summed E-state index contributed by atoms with van der Waals surface area (Å²) in [5.74, 6) is 1.72. The molecule has 0 aliphatic heterocycles. The highest BCUT2D eigenvalue weighted by atomic mass is 16.5. The van der Waals surface area contributed by atoms with Crippen molar-refractivity contribution in [3.63, 3.8) is 0 Å². The quantitative estimate of drug-likeness (QED) is 0.731. The average Bonchev–Trinajstić information content (AvgIpc) is 2.99. The maximum atomic E-state index is 12.2. The summed E-state index contributed by atoms with van der Waals surface area (Å²) in [4.78, 5) is 20.8. The summed E-state index contributed by atoms with van der Waals surface area (Å²) in [5, 5.41) is 3.77. The molecule has 0 fully saturated rings. The van der Waals surface area contributed by atoms with Gasteiger partial charge in [0, 0.05) is 29.6 Å². The number of hydrogen-bond donors (Lipinski definition) is 0. The Balaban J connectivity index is 2.00. The minimum atomic E-state index is -0.129. The maximum Gasteiger partial charge on any atom is 0.259 e. The Morgan fingerprint density at radius 3 is 2.71 bits per heavy atom. The van der Waals surface area contributed by atoms with Crippen molar-refractivity contribution in [1.82, 2.24) is 19.7 Å². The Kier molecular flexibility index (Phi) is 4.16. The van der Waals surface area contributed by atoms with Crippen molar-refractivity contribution < 1.29 is 9.26 Å². The van der Waals surface area contributed by atoms with Crippen molar-refractivity contribution >= 4 is 0 Å². The second-order valence-electron chi connectivity index (χ2n) is 5.58. The summed E-state index contributed by atoms with van der Waals surface area (Å²) < 4.78 is 12.1. The molecule has 0 N–H and O–H groups in total. The lowest BCUT2D eigenvalue weighted by Crippen LogP contribution is -2.20. The van der Waals surface area contributed by atoms with Crippen LogP contribution in [0, 0.1) is 20.8 Å². The Labute approximate surface area is 138 Å². The molecule has 124 valence electrons. The second-order valence-corrected chi connectivity index (χ2v) is 5.58. The van der Waals surface area contributed by atoms with Gasteiger partial charge in [-0.25, -0.2) is 0 Å². The van der Waals surface area contributed by atoms with Crippen LogP contribution in [-0.4, -0.2) is 26.8 Å². The van der Waals surface area contributed by atoms with E-state index in [2.05, 4.69) is 15.1 Å². The number of pyridine rings is 2. The zero-order valence-electron chi connectivity index (χ0n) is 14.0. The van der Waals surface area contributed by atoms with Crippen LogP contribution < -0.4 is 10.3 Å². The van der Waals surface area contributed by atoms with Crippen molar-refractivity contribution in [3.8, 4) is 17.2 Å². The van der Waals surface area contributed by atoms with Crippen LogP contribution in [0.4, 0.5) is 0 Å². The molecule has 24 heavy (non-hydrogen) atoms. The van der Waals surface area contributed by atoms with Crippen LogP contribution in [0.15, 0.2) is 33.8 Å². The first-order valence-electron chi connectivity index (χ1n) is 7.50. The van der Waals surface area contributed by atoms with E-state index in [1.54, 1.807) is 37.1 Å². The van der Waals surface area contributed by atoms with Crippen molar-refractivity contribution in [1.29, 1.82) is 0 Å². The van der Waals surface area contributed by atoms with Crippen LogP contribution >= 0.6 is 0 Å². The fraction of sp³-hybridized carbons (Fsp3) is 0.294. The minimum Gasteiger partial charge on any atom is -0.496 e. The molecule has 7 heteroatoms. The highest BCUT2D eigenvalue weighted by molar-refractivity contribution is 5.50. The zero-order valence-corrected chi connectivity index (χ0v) is 14.0. The summed E-state index contributed by atoms with van der Waals surface area (Å²) >= 11 is 0. The molecule has 0 spiro atoms. The molecule has 3 rings (SSSR count). The Hall–Kier alpha value is -2.96. The Morgan fingerprint density at radius 2 is 2.04 bits per heavy atom. The van der Waals surface area contributed by atoms with E-state index in [9.17, 15) is 4.79 Å². The van der Waals surface area contributed by atoms with E-state index in [1.165, 1.54) is 6.07 Å². The van der Waals surface area contributed by atoms with Crippen LogP contribution in [0.25, 0.3) is 11.5 Å². The van der Waals surface area contributed by atoms with E-state index >= 15 is 0 Å². The first-order valence-corrected chi connectivity index (χ1v) is 7.50. The number of aryl methyl sites for hydroxylation is 2. The number of methoxy groups -OCH3 is 1. The molecule has 0 saturated carbocycles. The predicted octanol–water partition coefficient (Wildman–Crippen LogP) is 2.28. The average molecular weight is 326 g/mol. The standard InChI is InChI=1S/C17H18N4O3/c1-10-7-18-14(11(2)16(10)23-4)9-21-8-13(5-6-15(21)22)17-19-12(3)20-24-17/h5-8H,9H2,1-4H3. The maximum absolute atomic E-state index is 12.2. The summed E-state index contributed by atoms with van der Waals surface area (Å²) in [6, 6.07) is 3.15. The third kappa shape index (κ3) is 2.92. The lowest BCUT2D eigenvalue weighted by Gasteiger charge is -2.13. The van der Waals surface area contributed by atoms with Gasteiger partial charge in [0.25, 0.3) is 11.4 Å². The van der Waals surface area contributed by atoms with Crippen molar-refractivity contribution in [2.75, 3.05) is 7.11 Å². The minimum absolute atomic E-state index is 0.129. The third-order valence-electron chi connectivity index (χ3n) is 3.83. The molecule has 3 aromatic heterocycles. The molecule has 0 radical (unpaired) electrons. The molecule has 0 unspecified atom stereocenters. The molecule has 0 amide bonds. The number of nitrogens with zero attached hydrogens (tertiary/aromatic N) is 4. The summed E-state index contributed by atoms with van der Waals surface area (Å²) in [6.45, 7) is 5.95.